The van der Waals surface area contributed by atoms with E-state index in [1.54, 1.807) is 6.07 Å². The molecule has 0 saturated carbocycles. The number of fused-ring (bicyclic) bond motifs is 2. The number of rotatable bonds is 3. The molecule has 4 rings (SSSR count). The average molecular weight is 354 g/mol. The average Bonchev–Trinajstić information content (AvgIpc) is 2.90. The zero-order chi connectivity index (χ0) is 17.9. The number of benzene rings is 1. The number of aromatic amines is 1. The number of carbonyl (C=O) groups excluding carboxylic acids is 1. The molecule has 0 spiro atoms. The third-order valence-corrected chi connectivity index (χ3v) is 4.85. The molecule has 0 saturated heterocycles. The number of hydrogen-bond acceptors (Lipinski definition) is 4. The molecule has 26 heavy (non-hydrogen) atoms. The molecule has 0 atom stereocenters. The molecule has 6 nitrogen and oxygen atoms in total. The van der Waals surface area contributed by atoms with Gasteiger partial charge in [-0.2, -0.15) is 0 Å². The highest BCUT2D eigenvalue weighted by atomic mass is 16.5. The van der Waals surface area contributed by atoms with Gasteiger partial charge < -0.3 is 19.8 Å². The molecule has 0 fully saturated rings. The quantitative estimate of drug-likeness (QED) is 0.887. The molecule has 6 heteroatoms. The highest BCUT2D eigenvalue weighted by molar-refractivity contribution is 5.94. The number of ether oxygens (including phenoxy) is 2. The molecular weight excluding hydrogens is 332 g/mol. The Morgan fingerprint density at radius 2 is 1.85 bits per heavy atom. The van der Waals surface area contributed by atoms with Crippen LogP contribution in [0, 0.1) is 0 Å². The fraction of sp³-hybridized carbons (Fsp3) is 0.400. The van der Waals surface area contributed by atoms with E-state index in [4.69, 9.17) is 9.47 Å². The molecule has 2 aromatic rings. The smallest absolute Gasteiger partial charge is 0.261 e. The van der Waals surface area contributed by atoms with Crippen molar-refractivity contribution in [2.24, 2.45) is 0 Å². The Morgan fingerprint density at radius 3 is 2.73 bits per heavy atom. The van der Waals surface area contributed by atoms with E-state index < -0.39 is 0 Å². The van der Waals surface area contributed by atoms with E-state index in [0.717, 1.165) is 54.7 Å². The number of aryl methyl sites for hydroxylation is 2. The summed E-state index contributed by atoms with van der Waals surface area (Å²) >= 11 is 0. The van der Waals surface area contributed by atoms with E-state index >= 15 is 0 Å². The van der Waals surface area contributed by atoms with Gasteiger partial charge in [0.2, 0.25) is 0 Å². The van der Waals surface area contributed by atoms with Crippen LogP contribution in [0.4, 0.5) is 0 Å². The lowest BCUT2D eigenvalue weighted by Crippen LogP contribution is -2.30. The number of hydrogen-bond donors (Lipinski definition) is 2. The maximum atomic E-state index is 12.5. The molecule has 1 aliphatic heterocycles. The standard InChI is InChI=1S/C20H22N2O4/c23-19(15-11-14-4-1-2-5-16(14)22-20(15)24)21-12-13-6-7-17-18(10-13)26-9-3-8-25-17/h6-7,10-11H,1-5,8-9,12H2,(H,21,23)(H,22,24). The van der Waals surface area contributed by atoms with Gasteiger partial charge in [-0.25, -0.2) is 0 Å². The largest absolute Gasteiger partial charge is 0.490 e. The van der Waals surface area contributed by atoms with Crippen molar-refractivity contribution >= 4 is 5.91 Å². The lowest BCUT2D eigenvalue weighted by Gasteiger charge is -2.16. The summed E-state index contributed by atoms with van der Waals surface area (Å²) in [7, 11) is 0. The number of aromatic nitrogens is 1. The summed E-state index contributed by atoms with van der Waals surface area (Å²) < 4.78 is 11.3. The first-order valence-corrected chi connectivity index (χ1v) is 9.12. The Kier molecular flexibility index (Phi) is 4.65. The van der Waals surface area contributed by atoms with Crippen LogP contribution in [0.2, 0.25) is 0 Å². The molecule has 0 unspecified atom stereocenters. The van der Waals surface area contributed by atoms with Crippen LogP contribution >= 0.6 is 0 Å². The third-order valence-electron chi connectivity index (χ3n) is 4.85. The van der Waals surface area contributed by atoms with Gasteiger partial charge in [-0.1, -0.05) is 6.07 Å². The van der Waals surface area contributed by atoms with Crippen LogP contribution < -0.4 is 20.3 Å². The van der Waals surface area contributed by atoms with Gasteiger partial charge in [-0.15, -0.1) is 0 Å². The summed E-state index contributed by atoms with van der Waals surface area (Å²) in [6, 6.07) is 7.37. The molecule has 136 valence electrons. The van der Waals surface area contributed by atoms with Crippen LogP contribution in [0.15, 0.2) is 29.1 Å². The number of carbonyl (C=O) groups is 1. The fourth-order valence-electron chi connectivity index (χ4n) is 3.44. The Bertz CT molecular complexity index is 888. The van der Waals surface area contributed by atoms with E-state index in [0.29, 0.717) is 25.5 Å². The van der Waals surface area contributed by atoms with E-state index in [-0.39, 0.29) is 17.0 Å². The second-order valence-electron chi connectivity index (χ2n) is 6.74. The first-order chi connectivity index (χ1) is 12.7. The van der Waals surface area contributed by atoms with Gasteiger partial charge in [0.25, 0.3) is 11.5 Å². The van der Waals surface area contributed by atoms with Crippen LogP contribution in [0.25, 0.3) is 0 Å². The Morgan fingerprint density at radius 1 is 1.04 bits per heavy atom. The van der Waals surface area contributed by atoms with Crippen LogP contribution in [0.5, 0.6) is 11.5 Å². The van der Waals surface area contributed by atoms with Gasteiger partial charge in [0.05, 0.1) is 13.2 Å². The zero-order valence-corrected chi connectivity index (χ0v) is 14.6. The molecule has 2 aliphatic rings. The van der Waals surface area contributed by atoms with E-state index in [9.17, 15) is 9.59 Å². The minimum absolute atomic E-state index is 0.181. The van der Waals surface area contributed by atoms with Gasteiger partial charge >= 0.3 is 0 Å². The molecule has 1 aliphatic carbocycles. The Labute approximate surface area is 151 Å². The second-order valence-corrected chi connectivity index (χ2v) is 6.74. The number of nitrogens with one attached hydrogen (secondary N) is 2. The van der Waals surface area contributed by atoms with Crippen molar-refractivity contribution in [3.63, 3.8) is 0 Å². The maximum Gasteiger partial charge on any atom is 0.261 e. The summed E-state index contributed by atoms with van der Waals surface area (Å²) in [5.41, 5.74) is 2.82. The van der Waals surface area contributed by atoms with Crippen LogP contribution in [0.1, 0.15) is 46.4 Å². The van der Waals surface area contributed by atoms with Crippen LogP contribution in [-0.2, 0) is 19.4 Å². The Hall–Kier alpha value is -2.76. The summed E-state index contributed by atoms with van der Waals surface area (Å²) in [6.45, 7) is 1.59. The van der Waals surface area contributed by atoms with Crippen LogP contribution in [0.3, 0.4) is 0 Å². The second kappa shape index (κ2) is 7.23. The molecule has 1 aromatic carbocycles. The van der Waals surface area contributed by atoms with Gasteiger partial charge in [0, 0.05) is 18.7 Å². The number of amides is 1. The van der Waals surface area contributed by atoms with E-state index in [1.165, 1.54) is 0 Å². The highest BCUT2D eigenvalue weighted by Gasteiger charge is 2.17. The molecule has 0 radical (unpaired) electrons. The minimum atomic E-state index is -0.355. The van der Waals surface area contributed by atoms with Crippen molar-refractivity contribution in [2.45, 2.75) is 38.6 Å². The van der Waals surface area contributed by atoms with Gasteiger partial charge in [-0.3, -0.25) is 9.59 Å². The van der Waals surface area contributed by atoms with Crippen molar-refractivity contribution < 1.29 is 14.3 Å². The summed E-state index contributed by atoms with van der Waals surface area (Å²) in [6.07, 6.45) is 4.82. The number of pyridine rings is 1. The number of H-pyrrole nitrogens is 1. The zero-order valence-electron chi connectivity index (χ0n) is 14.6. The SMILES string of the molecule is O=C(NCc1ccc2c(c1)OCCCO2)c1cc2c([nH]c1=O)CCCC2. The molecular formula is C20H22N2O4. The highest BCUT2D eigenvalue weighted by Crippen LogP contribution is 2.30. The molecule has 0 bridgehead atoms. The molecule has 1 aromatic heterocycles. The van der Waals surface area contributed by atoms with E-state index in [1.807, 2.05) is 18.2 Å². The fourth-order valence-corrected chi connectivity index (χ4v) is 3.44. The van der Waals surface area contributed by atoms with Crippen molar-refractivity contribution in [1.29, 1.82) is 0 Å². The molecule has 2 heterocycles. The van der Waals surface area contributed by atoms with Crippen molar-refractivity contribution in [1.82, 2.24) is 10.3 Å². The normalized spacial score (nSPS) is 15.7. The van der Waals surface area contributed by atoms with Crippen molar-refractivity contribution in [3.8, 4) is 11.5 Å². The predicted molar refractivity (Wildman–Crippen MR) is 96.9 cm³/mol. The van der Waals surface area contributed by atoms with E-state index in [2.05, 4.69) is 10.3 Å². The lowest BCUT2D eigenvalue weighted by atomic mass is 9.95. The third kappa shape index (κ3) is 3.45. The van der Waals surface area contributed by atoms with Crippen LogP contribution in [-0.4, -0.2) is 24.1 Å². The first-order valence-electron chi connectivity index (χ1n) is 9.12. The lowest BCUT2D eigenvalue weighted by molar-refractivity contribution is 0.0949. The molecule has 1 amide bonds. The minimum Gasteiger partial charge on any atom is -0.490 e. The monoisotopic (exact) mass is 354 g/mol. The topological polar surface area (TPSA) is 80.4 Å². The van der Waals surface area contributed by atoms with Gasteiger partial charge in [-0.05, 0) is 55.0 Å². The summed E-state index contributed by atoms with van der Waals surface area (Å²) in [4.78, 5) is 27.6. The van der Waals surface area contributed by atoms with Gasteiger partial charge in [0.1, 0.15) is 5.56 Å². The Balaban J connectivity index is 1.47. The van der Waals surface area contributed by atoms with Crippen molar-refractivity contribution in [2.75, 3.05) is 13.2 Å². The summed E-state index contributed by atoms with van der Waals surface area (Å²) in [5.74, 6) is 1.07. The predicted octanol–water partition coefficient (Wildman–Crippen LogP) is 2.35. The van der Waals surface area contributed by atoms with Crippen molar-refractivity contribution in [3.05, 3.63) is 57.0 Å². The summed E-state index contributed by atoms with van der Waals surface area (Å²) in [5, 5.41) is 2.83. The maximum absolute atomic E-state index is 12.5. The molecule has 2 N–H and O–H groups in total. The first kappa shape index (κ1) is 16.7. The van der Waals surface area contributed by atoms with Gasteiger partial charge in [0.15, 0.2) is 11.5 Å².